The van der Waals surface area contributed by atoms with E-state index in [2.05, 4.69) is 0 Å². The van der Waals surface area contributed by atoms with Gasteiger partial charge in [-0.25, -0.2) is 9.59 Å². The lowest BCUT2D eigenvalue weighted by molar-refractivity contribution is -0.127. The Morgan fingerprint density at radius 2 is 1.55 bits per heavy atom. The maximum Gasteiger partial charge on any atom is 0.349 e. The molecule has 0 aliphatic heterocycles. The zero-order valence-electron chi connectivity index (χ0n) is 16.3. The van der Waals surface area contributed by atoms with E-state index in [0.29, 0.717) is 16.5 Å². The summed E-state index contributed by atoms with van der Waals surface area (Å²) in [7, 11) is 0. The van der Waals surface area contributed by atoms with Gasteiger partial charge in [0.05, 0.1) is 5.57 Å². The van der Waals surface area contributed by atoms with Crippen molar-refractivity contribution in [1.82, 2.24) is 0 Å². The standard InChI is InChI=1S/C25H17NO5/c26-23(27)21-14-18-11-12-19(15-22(18)31-25(21)29)30-24(28)20(17-9-5-2-6-10-17)13-16-7-3-1-4-8-16/h1-15H,(H2,26,27)/b20-13+. The van der Waals surface area contributed by atoms with Crippen molar-refractivity contribution >= 4 is 34.5 Å². The highest BCUT2D eigenvalue weighted by Gasteiger charge is 2.16. The van der Waals surface area contributed by atoms with Crippen LogP contribution in [0.25, 0.3) is 22.6 Å². The lowest BCUT2D eigenvalue weighted by Crippen LogP contribution is -2.20. The van der Waals surface area contributed by atoms with Crippen molar-refractivity contribution in [2.45, 2.75) is 0 Å². The lowest BCUT2D eigenvalue weighted by atomic mass is 10.0. The molecule has 0 fully saturated rings. The molecule has 6 nitrogen and oxygen atoms in total. The summed E-state index contributed by atoms with van der Waals surface area (Å²) in [6, 6.07) is 24.5. The second-order valence-electron chi connectivity index (χ2n) is 6.74. The number of benzene rings is 3. The highest BCUT2D eigenvalue weighted by atomic mass is 16.5. The first-order valence-corrected chi connectivity index (χ1v) is 9.43. The number of carbonyl (C=O) groups is 2. The Morgan fingerprint density at radius 1 is 0.871 bits per heavy atom. The van der Waals surface area contributed by atoms with Crippen molar-refractivity contribution < 1.29 is 18.7 Å². The van der Waals surface area contributed by atoms with Gasteiger partial charge in [-0.1, -0.05) is 60.7 Å². The summed E-state index contributed by atoms with van der Waals surface area (Å²) in [5, 5.41) is 0.483. The molecule has 1 heterocycles. The molecule has 0 bridgehead atoms. The molecule has 0 aliphatic carbocycles. The molecule has 0 atom stereocenters. The van der Waals surface area contributed by atoms with Gasteiger partial charge in [0.15, 0.2) is 0 Å². The van der Waals surface area contributed by atoms with Crippen LogP contribution in [0.3, 0.4) is 0 Å². The number of hydrogen-bond acceptors (Lipinski definition) is 5. The third kappa shape index (κ3) is 4.43. The summed E-state index contributed by atoms with van der Waals surface area (Å²) in [4.78, 5) is 36.3. The summed E-state index contributed by atoms with van der Waals surface area (Å²) < 4.78 is 10.7. The molecule has 0 unspecified atom stereocenters. The average Bonchev–Trinajstić information content (AvgIpc) is 2.78. The predicted molar refractivity (Wildman–Crippen MR) is 117 cm³/mol. The third-order valence-electron chi connectivity index (χ3n) is 4.60. The van der Waals surface area contributed by atoms with E-state index >= 15 is 0 Å². The molecule has 1 amide bonds. The van der Waals surface area contributed by atoms with Gasteiger partial charge in [-0.3, -0.25) is 4.79 Å². The van der Waals surface area contributed by atoms with E-state index in [-0.39, 0.29) is 16.9 Å². The number of nitrogens with two attached hydrogens (primary N) is 1. The number of rotatable bonds is 5. The molecule has 4 aromatic rings. The molecule has 2 N–H and O–H groups in total. The number of fused-ring (bicyclic) bond motifs is 1. The number of ether oxygens (including phenoxy) is 1. The van der Waals surface area contributed by atoms with Gasteiger partial charge in [0.25, 0.3) is 5.91 Å². The molecule has 31 heavy (non-hydrogen) atoms. The Bertz CT molecular complexity index is 1360. The van der Waals surface area contributed by atoms with E-state index in [4.69, 9.17) is 14.9 Å². The zero-order valence-corrected chi connectivity index (χ0v) is 16.3. The van der Waals surface area contributed by atoms with Gasteiger partial charge in [-0.05, 0) is 35.4 Å². The first kappa shape index (κ1) is 19.8. The zero-order chi connectivity index (χ0) is 21.8. The van der Waals surface area contributed by atoms with Crippen LogP contribution in [0.15, 0.2) is 94.1 Å². The van der Waals surface area contributed by atoms with Gasteiger partial charge in [-0.15, -0.1) is 0 Å². The number of amides is 1. The predicted octanol–water partition coefficient (Wildman–Crippen LogP) is 4.04. The minimum absolute atomic E-state index is 0.175. The summed E-state index contributed by atoms with van der Waals surface area (Å²) >= 11 is 0. The van der Waals surface area contributed by atoms with Gasteiger partial charge in [0, 0.05) is 11.5 Å². The van der Waals surface area contributed by atoms with Crippen molar-refractivity contribution in [3.05, 3.63) is 112 Å². The van der Waals surface area contributed by atoms with Crippen LogP contribution < -0.4 is 16.1 Å². The number of primary amides is 1. The van der Waals surface area contributed by atoms with Crippen LogP contribution >= 0.6 is 0 Å². The molecule has 0 saturated heterocycles. The summed E-state index contributed by atoms with van der Waals surface area (Å²) in [6.45, 7) is 0. The van der Waals surface area contributed by atoms with Crippen LogP contribution in [0.4, 0.5) is 0 Å². The van der Waals surface area contributed by atoms with Crippen molar-refractivity contribution in [1.29, 1.82) is 0 Å². The van der Waals surface area contributed by atoms with E-state index in [9.17, 15) is 14.4 Å². The highest BCUT2D eigenvalue weighted by Crippen LogP contribution is 2.24. The SMILES string of the molecule is NC(=O)c1cc2ccc(OC(=O)/C(=C/c3ccccc3)c3ccccc3)cc2oc1=O. The maximum atomic E-state index is 13.0. The average molecular weight is 411 g/mol. The van der Waals surface area contributed by atoms with Gasteiger partial charge in [0.1, 0.15) is 16.9 Å². The van der Waals surface area contributed by atoms with Crippen LogP contribution in [-0.4, -0.2) is 11.9 Å². The molecule has 0 radical (unpaired) electrons. The Kier molecular flexibility index (Phi) is 5.45. The minimum Gasteiger partial charge on any atom is -0.423 e. The van der Waals surface area contributed by atoms with Crippen molar-refractivity contribution in [2.75, 3.05) is 0 Å². The first-order chi connectivity index (χ1) is 15.0. The third-order valence-corrected chi connectivity index (χ3v) is 4.60. The van der Waals surface area contributed by atoms with Crippen molar-refractivity contribution in [3.8, 4) is 5.75 Å². The summed E-state index contributed by atoms with van der Waals surface area (Å²) in [6.07, 6.45) is 1.75. The minimum atomic E-state index is -0.871. The molecule has 0 aliphatic rings. The molecule has 0 spiro atoms. The van der Waals surface area contributed by atoms with E-state index < -0.39 is 17.5 Å². The second kappa shape index (κ2) is 8.51. The van der Waals surface area contributed by atoms with Gasteiger partial charge >= 0.3 is 11.6 Å². The van der Waals surface area contributed by atoms with Crippen LogP contribution in [0, 0.1) is 0 Å². The Labute approximate surface area is 177 Å². The summed E-state index contributed by atoms with van der Waals surface area (Å²) in [5.41, 5.74) is 6.19. The quantitative estimate of drug-likeness (QED) is 0.176. The molecule has 1 aromatic heterocycles. The van der Waals surface area contributed by atoms with E-state index in [1.54, 1.807) is 18.2 Å². The second-order valence-corrected chi connectivity index (χ2v) is 6.74. The molecule has 3 aromatic carbocycles. The van der Waals surface area contributed by atoms with Crippen LogP contribution in [0.2, 0.25) is 0 Å². The topological polar surface area (TPSA) is 99.6 Å². The fourth-order valence-electron chi connectivity index (χ4n) is 3.08. The van der Waals surface area contributed by atoms with Crippen LogP contribution in [0.5, 0.6) is 5.75 Å². The molecule has 6 heteroatoms. The van der Waals surface area contributed by atoms with Crippen LogP contribution in [0.1, 0.15) is 21.5 Å². The van der Waals surface area contributed by atoms with Gasteiger partial charge in [0.2, 0.25) is 0 Å². The van der Waals surface area contributed by atoms with E-state index in [0.717, 1.165) is 5.56 Å². The molecular formula is C25H17NO5. The summed E-state index contributed by atoms with van der Waals surface area (Å²) in [5.74, 6) is -1.24. The largest absolute Gasteiger partial charge is 0.423 e. The van der Waals surface area contributed by atoms with E-state index in [1.165, 1.54) is 12.1 Å². The number of esters is 1. The molecule has 152 valence electrons. The lowest BCUT2D eigenvalue weighted by Gasteiger charge is -2.09. The maximum absolute atomic E-state index is 13.0. The monoisotopic (exact) mass is 411 g/mol. The van der Waals surface area contributed by atoms with Gasteiger partial charge in [-0.2, -0.15) is 0 Å². The first-order valence-electron chi connectivity index (χ1n) is 9.43. The Balaban J connectivity index is 1.69. The van der Waals surface area contributed by atoms with Gasteiger partial charge < -0.3 is 14.9 Å². The Morgan fingerprint density at radius 3 is 2.23 bits per heavy atom. The fraction of sp³-hybridized carbons (Fsp3) is 0. The van der Waals surface area contributed by atoms with Crippen molar-refractivity contribution in [2.24, 2.45) is 5.73 Å². The van der Waals surface area contributed by atoms with Crippen LogP contribution in [-0.2, 0) is 4.79 Å². The number of hydrogen-bond donors (Lipinski definition) is 1. The smallest absolute Gasteiger partial charge is 0.349 e. The number of carbonyl (C=O) groups excluding carboxylic acids is 2. The molecule has 0 saturated carbocycles. The highest BCUT2D eigenvalue weighted by molar-refractivity contribution is 6.22. The Hall–Kier alpha value is -4.45. The van der Waals surface area contributed by atoms with Crippen molar-refractivity contribution in [3.63, 3.8) is 0 Å². The van der Waals surface area contributed by atoms with E-state index in [1.807, 2.05) is 60.7 Å². The molecule has 4 rings (SSSR count). The fourth-order valence-corrected chi connectivity index (χ4v) is 3.08. The molecular weight excluding hydrogens is 394 g/mol. The normalized spacial score (nSPS) is 11.3.